The molecule has 0 aromatic rings. The molecular weight excluding hydrogens is 212 g/mol. The number of hydrogen-bond donors (Lipinski definition) is 2. The fraction of sp³-hybridized carbons (Fsp3) is 0.714. The Labute approximate surface area is 81.5 Å². The van der Waals surface area contributed by atoms with Crippen LogP contribution >= 0.6 is 0 Å². The van der Waals surface area contributed by atoms with E-state index in [9.17, 15) is 18.0 Å². The first-order valence-electron chi connectivity index (χ1n) is 3.79. The predicted molar refractivity (Wildman–Crippen MR) is 47.8 cm³/mol. The lowest BCUT2D eigenvalue weighted by molar-refractivity contribution is -0.139. The molecule has 7 heteroatoms. The van der Waals surface area contributed by atoms with Crippen molar-refractivity contribution in [3.8, 4) is 0 Å². The molecule has 0 saturated carbocycles. The summed E-state index contributed by atoms with van der Waals surface area (Å²) in [6, 6.07) is 0. The summed E-state index contributed by atoms with van der Waals surface area (Å²) in [7, 11) is -3.93. The van der Waals surface area contributed by atoms with Crippen molar-refractivity contribution in [2.45, 2.75) is 25.0 Å². The molecular formula is C7H12O6S. The molecule has 0 fully saturated rings. The number of aliphatic carboxylic acids is 2. The highest BCUT2D eigenvalue weighted by atomic mass is 32.2. The number of sulfone groups is 1. The number of carbonyl (C=O) groups is 2. The monoisotopic (exact) mass is 224 g/mol. The van der Waals surface area contributed by atoms with Crippen molar-refractivity contribution in [2.75, 3.05) is 5.75 Å². The van der Waals surface area contributed by atoms with E-state index in [0.29, 0.717) is 0 Å². The van der Waals surface area contributed by atoms with Crippen LogP contribution in [0.25, 0.3) is 0 Å². The summed E-state index contributed by atoms with van der Waals surface area (Å²) in [4.78, 5) is 20.7. The Hall–Kier alpha value is -1.11. The van der Waals surface area contributed by atoms with Crippen LogP contribution in [0, 0.1) is 0 Å². The van der Waals surface area contributed by atoms with Crippen LogP contribution in [0.5, 0.6) is 0 Å². The van der Waals surface area contributed by atoms with Gasteiger partial charge in [-0.3, -0.25) is 9.59 Å². The van der Waals surface area contributed by atoms with Crippen LogP contribution in [0.3, 0.4) is 0 Å². The van der Waals surface area contributed by atoms with E-state index in [1.165, 1.54) is 0 Å². The third-order valence-electron chi connectivity index (χ3n) is 1.88. The Bertz CT molecular complexity index is 339. The Morgan fingerprint density at radius 1 is 1.21 bits per heavy atom. The molecule has 0 spiro atoms. The second kappa shape index (κ2) is 3.95. The van der Waals surface area contributed by atoms with Gasteiger partial charge < -0.3 is 10.2 Å². The maximum absolute atomic E-state index is 11.4. The van der Waals surface area contributed by atoms with E-state index in [1.807, 2.05) is 0 Å². The van der Waals surface area contributed by atoms with Gasteiger partial charge in [-0.05, 0) is 13.8 Å². The van der Waals surface area contributed by atoms with E-state index >= 15 is 0 Å². The molecule has 0 heterocycles. The molecule has 0 radical (unpaired) electrons. The molecule has 0 aliphatic rings. The molecule has 0 aliphatic carbocycles. The van der Waals surface area contributed by atoms with Gasteiger partial charge in [0.05, 0.1) is 12.2 Å². The van der Waals surface area contributed by atoms with E-state index in [2.05, 4.69) is 0 Å². The van der Waals surface area contributed by atoms with Gasteiger partial charge in [-0.2, -0.15) is 0 Å². The molecule has 0 aliphatic heterocycles. The topological polar surface area (TPSA) is 109 Å². The average molecular weight is 224 g/mol. The van der Waals surface area contributed by atoms with Gasteiger partial charge in [-0.25, -0.2) is 8.42 Å². The van der Waals surface area contributed by atoms with Gasteiger partial charge in [0.15, 0.2) is 14.6 Å². The molecule has 0 aromatic carbocycles. The maximum Gasteiger partial charge on any atom is 0.324 e. The van der Waals surface area contributed by atoms with Gasteiger partial charge in [-0.1, -0.05) is 0 Å². The van der Waals surface area contributed by atoms with Crippen molar-refractivity contribution in [3.63, 3.8) is 0 Å². The molecule has 14 heavy (non-hydrogen) atoms. The summed E-state index contributed by atoms with van der Waals surface area (Å²) in [5.41, 5.74) is 0. The average Bonchev–Trinajstić information content (AvgIpc) is 2.00. The van der Waals surface area contributed by atoms with E-state index < -0.39 is 38.7 Å². The van der Waals surface area contributed by atoms with Crippen LogP contribution in [0.1, 0.15) is 20.3 Å². The van der Waals surface area contributed by atoms with Crippen LogP contribution in [-0.2, 0) is 19.4 Å². The lowest BCUT2D eigenvalue weighted by Gasteiger charge is -2.18. The van der Waals surface area contributed by atoms with E-state index in [4.69, 9.17) is 10.2 Å². The smallest absolute Gasteiger partial charge is 0.324 e. The lowest BCUT2D eigenvalue weighted by Crippen LogP contribution is -2.42. The fourth-order valence-electron chi connectivity index (χ4n) is 0.610. The highest BCUT2D eigenvalue weighted by Gasteiger charge is 2.41. The molecule has 2 N–H and O–H groups in total. The lowest BCUT2D eigenvalue weighted by atomic mass is 10.2. The highest BCUT2D eigenvalue weighted by molar-refractivity contribution is 7.93. The summed E-state index contributed by atoms with van der Waals surface area (Å²) < 4.78 is 20.8. The van der Waals surface area contributed by atoms with Crippen molar-refractivity contribution in [3.05, 3.63) is 0 Å². The fourth-order valence-corrected chi connectivity index (χ4v) is 1.83. The Kier molecular flexibility index (Phi) is 3.64. The standard InChI is InChI=1S/C7H12O6S/c1-7(2,6(10)11)14(12,13)4-3-5(8)9/h3-4H2,1-2H3,(H,8,9)(H,10,11). The second-order valence-corrected chi connectivity index (χ2v) is 5.94. The number of carboxylic acids is 2. The first-order chi connectivity index (χ1) is 6.11. The molecule has 0 aromatic heterocycles. The van der Waals surface area contributed by atoms with Crippen LogP contribution in [0.4, 0.5) is 0 Å². The SMILES string of the molecule is CC(C)(C(=O)O)S(=O)(=O)CCC(=O)O. The van der Waals surface area contributed by atoms with Crippen LogP contribution in [0.2, 0.25) is 0 Å². The molecule has 0 rings (SSSR count). The van der Waals surface area contributed by atoms with Crippen molar-refractivity contribution in [1.29, 1.82) is 0 Å². The second-order valence-electron chi connectivity index (χ2n) is 3.28. The summed E-state index contributed by atoms with van der Waals surface area (Å²) in [5.74, 6) is -3.42. The van der Waals surface area contributed by atoms with Crippen molar-refractivity contribution >= 4 is 21.8 Å². The summed E-state index contributed by atoms with van der Waals surface area (Å²) in [6.07, 6.45) is -0.584. The van der Waals surface area contributed by atoms with Gasteiger partial charge >= 0.3 is 11.9 Å². The third kappa shape index (κ3) is 2.69. The highest BCUT2D eigenvalue weighted by Crippen LogP contribution is 2.18. The normalized spacial score (nSPS) is 12.4. The molecule has 0 atom stereocenters. The van der Waals surface area contributed by atoms with Gasteiger partial charge in [0.2, 0.25) is 0 Å². The summed E-state index contributed by atoms with van der Waals surface area (Å²) in [5, 5.41) is 16.9. The van der Waals surface area contributed by atoms with Gasteiger partial charge in [0.25, 0.3) is 0 Å². The predicted octanol–water partition coefficient (Wildman–Crippen LogP) is -0.261. The number of carboxylic acid groups (broad SMARTS) is 2. The molecule has 82 valence electrons. The minimum atomic E-state index is -3.93. The Morgan fingerprint density at radius 2 is 1.64 bits per heavy atom. The van der Waals surface area contributed by atoms with Crippen molar-refractivity contribution in [1.82, 2.24) is 0 Å². The van der Waals surface area contributed by atoms with Gasteiger partial charge in [-0.15, -0.1) is 0 Å². The molecule has 0 saturated heterocycles. The Balaban J connectivity index is 4.80. The van der Waals surface area contributed by atoms with E-state index in [-0.39, 0.29) is 0 Å². The van der Waals surface area contributed by atoms with E-state index in [0.717, 1.165) is 13.8 Å². The molecule has 0 amide bonds. The molecule has 0 unspecified atom stereocenters. The minimum absolute atomic E-state index is 0.584. The molecule has 6 nitrogen and oxygen atoms in total. The van der Waals surface area contributed by atoms with Crippen LogP contribution < -0.4 is 0 Å². The van der Waals surface area contributed by atoms with Crippen molar-refractivity contribution < 1.29 is 28.2 Å². The molecule has 0 bridgehead atoms. The Morgan fingerprint density at radius 3 is 1.93 bits per heavy atom. The first-order valence-corrected chi connectivity index (χ1v) is 5.44. The zero-order valence-corrected chi connectivity index (χ0v) is 8.67. The first kappa shape index (κ1) is 12.9. The third-order valence-corrected chi connectivity index (χ3v) is 4.35. The summed E-state index contributed by atoms with van der Waals surface area (Å²) >= 11 is 0. The van der Waals surface area contributed by atoms with Crippen LogP contribution in [-0.4, -0.2) is 41.1 Å². The maximum atomic E-state index is 11.4. The zero-order valence-electron chi connectivity index (χ0n) is 7.85. The van der Waals surface area contributed by atoms with Gasteiger partial charge in [0.1, 0.15) is 0 Å². The number of hydrogen-bond acceptors (Lipinski definition) is 4. The minimum Gasteiger partial charge on any atom is -0.481 e. The van der Waals surface area contributed by atoms with Gasteiger partial charge in [0, 0.05) is 0 Å². The largest absolute Gasteiger partial charge is 0.481 e. The number of rotatable bonds is 5. The quantitative estimate of drug-likeness (QED) is 0.665. The van der Waals surface area contributed by atoms with Crippen molar-refractivity contribution in [2.24, 2.45) is 0 Å². The summed E-state index contributed by atoms with van der Waals surface area (Å²) in [6.45, 7) is 2.07. The van der Waals surface area contributed by atoms with Crippen LogP contribution in [0.15, 0.2) is 0 Å². The zero-order chi connectivity index (χ0) is 11.6. The van der Waals surface area contributed by atoms with E-state index in [1.54, 1.807) is 0 Å².